The van der Waals surface area contributed by atoms with Gasteiger partial charge in [-0.25, -0.2) is 9.18 Å². The van der Waals surface area contributed by atoms with Crippen molar-refractivity contribution in [2.45, 2.75) is 12.5 Å². The number of aliphatic carboxylic acids is 1. The third-order valence-electron chi connectivity index (χ3n) is 3.74. The Hall–Kier alpha value is -2.40. The Morgan fingerprint density at radius 2 is 2.09 bits per heavy atom. The van der Waals surface area contributed by atoms with E-state index in [1.807, 2.05) is 18.2 Å². The molecule has 114 valence electrons. The molecule has 5 heteroatoms. The van der Waals surface area contributed by atoms with Crippen LogP contribution in [-0.4, -0.2) is 24.2 Å². The van der Waals surface area contributed by atoms with Crippen molar-refractivity contribution in [2.75, 3.05) is 13.2 Å². The van der Waals surface area contributed by atoms with Gasteiger partial charge in [-0.3, -0.25) is 0 Å². The summed E-state index contributed by atoms with van der Waals surface area (Å²) in [5.74, 6) is -1.05. The summed E-state index contributed by atoms with van der Waals surface area (Å²) in [6.45, 7) is 0.323. The summed E-state index contributed by atoms with van der Waals surface area (Å²) >= 11 is 0. The summed E-state index contributed by atoms with van der Waals surface area (Å²) in [6.07, 6.45) is 0.910. The summed E-state index contributed by atoms with van der Waals surface area (Å²) < 4.78 is 19.0. The Labute approximate surface area is 127 Å². The van der Waals surface area contributed by atoms with Crippen LogP contribution < -0.4 is 10.1 Å². The normalized spacial score (nSPS) is 16.9. The highest BCUT2D eigenvalue weighted by molar-refractivity contribution is 5.68. The van der Waals surface area contributed by atoms with Crippen LogP contribution >= 0.6 is 0 Å². The molecule has 1 atom stereocenters. The quantitative estimate of drug-likeness (QED) is 0.911. The minimum atomic E-state index is -1.06. The van der Waals surface area contributed by atoms with Gasteiger partial charge in [0.25, 0.3) is 0 Å². The maximum Gasteiger partial charge on any atom is 0.341 e. The molecule has 3 rings (SSSR count). The molecule has 2 aromatic rings. The van der Waals surface area contributed by atoms with Gasteiger partial charge in [-0.1, -0.05) is 24.3 Å². The van der Waals surface area contributed by atoms with Crippen molar-refractivity contribution in [1.29, 1.82) is 0 Å². The second kappa shape index (κ2) is 6.15. The summed E-state index contributed by atoms with van der Waals surface area (Å²) in [4.78, 5) is 10.7. The first kappa shape index (κ1) is 14.5. The number of fused-ring (bicyclic) bond motifs is 1. The van der Waals surface area contributed by atoms with Crippen LogP contribution in [0.15, 0.2) is 42.5 Å². The van der Waals surface area contributed by atoms with Gasteiger partial charge < -0.3 is 15.2 Å². The average Bonchev–Trinajstić information content (AvgIpc) is 2.53. The third kappa shape index (κ3) is 2.94. The van der Waals surface area contributed by atoms with Crippen LogP contribution in [0.25, 0.3) is 0 Å². The topological polar surface area (TPSA) is 58.6 Å². The molecule has 22 heavy (non-hydrogen) atoms. The first-order valence-electron chi connectivity index (χ1n) is 7.10. The molecule has 2 aromatic carbocycles. The van der Waals surface area contributed by atoms with Gasteiger partial charge in [-0.05, 0) is 35.7 Å². The van der Waals surface area contributed by atoms with E-state index in [0.717, 1.165) is 18.5 Å². The maximum absolute atomic E-state index is 13.7. The highest BCUT2D eigenvalue weighted by Gasteiger charge is 2.24. The van der Waals surface area contributed by atoms with E-state index in [9.17, 15) is 9.18 Å². The van der Waals surface area contributed by atoms with E-state index < -0.39 is 12.6 Å². The molecular formula is C17H16FNO3. The summed E-state index contributed by atoms with van der Waals surface area (Å²) in [7, 11) is 0. The molecule has 0 saturated carbocycles. The van der Waals surface area contributed by atoms with Crippen LogP contribution in [0.4, 0.5) is 4.39 Å². The Kier molecular flexibility index (Phi) is 4.06. The van der Waals surface area contributed by atoms with E-state index in [0.29, 0.717) is 11.3 Å². The molecule has 2 N–H and O–H groups in total. The lowest BCUT2D eigenvalue weighted by molar-refractivity contribution is -0.139. The first-order valence-corrected chi connectivity index (χ1v) is 7.10. The van der Waals surface area contributed by atoms with Crippen LogP contribution in [-0.2, 0) is 11.2 Å². The van der Waals surface area contributed by atoms with Crippen molar-refractivity contribution in [3.63, 3.8) is 0 Å². The zero-order chi connectivity index (χ0) is 15.5. The Bertz CT molecular complexity index is 702. The second-order valence-electron chi connectivity index (χ2n) is 5.20. The van der Waals surface area contributed by atoms with Gasteiger partial charge in [-0.2, -0.15) is 0 Å². The second-order valence-corrected chi connectivity index (χ2v) is 5.20. The highest BCUT2D eigenvalue weighted by atomic mass is 19.1. The summed E-state index contributed by atoms with van der Waals surface area (Å²) in [5, 5.41) is 12.1. The molecule has 0 saturated heterocycles. The number of carboxylic acid groups (broad SMARTS) is 1. The van der Waals surface area contributed by atoms with Crippen molar-refractivity contribution in [3.8, 4) is 5.75 Å². The van der Waals surface area contributed by atoms with E-state index in [2.05, 4.69) is 11.4 Å². The maximum atomic E-state index is 13.7. The van der Waals surface area contributed by atoms with E-state index in [-0.39, 0.29) is 11.9 Å². The van der Waals surface area contributed by atoms with Gasteiger partial charge in [0, 0.05) is 12.1 Å². The molecular weight excluding hydrogens is 285 g/mol. The van der Waals surface area contributed by atoms with Crippen molar-refractivity contribution in [3.05, 3.63) is 65.0 Å². The fourth-order valence-electron chi connectivity index (χ4n) is 2.80. The van der Waals surface area contributed by atoms with Crippen molar-refractivity contribution < 1.29 is 19.0 Å². The zero-order valence-electron chi connectivity index (χ0n) is 11.9. The minimum absolute atomic E-state index is 0.204. The fourth-order valence-corrected chi connectivity index (χ4v) is 2.80. The van der Waals surface area contributed by atoms with Crippen molar-refractivity contribution >= 4 is 5.97 Å². The number of ether oxygens (including phenoxy) is 1. The molecule has 1 unspecified atom stereocenters. The lowest BCUT2D eigenvalue weighted by atomic mass is 9.89. The van der Waals surface area contributed by atoms with Crippen LogP contribution in [0.1, 0.15) is 22.7 Å². The molecule has 0 amide bonds. The number of carboxylic acids is 1. The average molecular weight is 301 g/mol. The number of benzene rings is 2. The number of hydrogen-bond acceptors (Lipinski definition) is 3. The Morgan fingerprint density at radius 1 is 1.27 bits per heavy atom. The molecule has 4 nitrogen and oxygen atoms in total. The van der Waals surface area contributed by atoms with Gasteiger partial charge in [-0.15, -0.1) is 0 Å². The molecule has 1 heterocycles. The Morgan fingerprint density at radius 3 is 2.91 bits per heavy atom. The molecule has 0 bridgehead atoms. The number of halogens is 1. The Balaban J connectivity index is 2.01. The smallest absolute Gasteiger partial charge is 0.341 e. The standard InChI is InChI=1S/C17H16FNO3/c18-12-5-6-15(22-10-16(20)21)14(9-12)17-13-4-2-1-3-11(13)7-8-19-17/h1-6,9,17,19H,7-8,10H2,(H,20,21). The fraction of sp³-hybridized carbons (Fsp3) is 0.235. The van der Waals surface area contributed by atoms with E-state index >= 15 is 0 Å². The molecule has 0 spiro atoms. The van der Waals surface area contributed by atoms with E-state index in [1.165, 1.54) is 23.8 Å². The van der Waals surface area contributed by atoms with Crippen molar-refractivity contribution in [1.82, 2.24) is 5.32 Å². The summed E-state index contributed by atoms with van der Waals surface area (Å²) in [6, 6.07) is 11.9. The van der Waals surface area contributed by atoms with Gasteiger partial charge >= 0.3 is 5.97 Å². The number of rotatable bonds is 4. The molecule has 0 aliphatic carbocycles. The van der Waals surface area contributed by atoms with E-state index in [1.54, 1.807) is 0 Å². The number of carbonyl (C=O) groups is 1. The third-order valence-corrected chi connectivity index (χ3v) is 3.74. The SMILES string of the molecule is O=C(O)COc1ccc(F)cc1C1NCCc2ccccc21. The van der Waals surface area contributed by atoms with Crippen LogP contribution in [0.3, 0.4) is 0 Å². The van der Waals surface area contributed by atoms with E-state index in [4.69, 9.17) is 9.84 Å². The molecule has 1 aliphatic rings. The summed E-state index contributed by atoms with van der Waals surface area (Å²) in [5.41, 5.74) is 2.90. The van der Waals surface area contributed by atoms with Crippen LogP contribution in [0.5, 0.6) is 5.75 Å². The van der Waals surface area contributed by atoms with Crippen LogP contribution in [0.2, 0.25) is 0 Å². The van der Waals surface area contributed by atoms with Gasteiger partial charge in [0.1, 0.15) is 11.6 Å². The van der Waals surface area contributed by atoms with Crippen LogP contribution in [0, 0.1) is 5.82 Å². The van der Waals surface area contributed by atoms with Gasteiger partial charge in [0.05, 0.1) is 6.04 Å². The molecule has 1 aliphatic heterocycles. The predicted octanol–water partition coefficient (Wildman–Crippen LogP) is 2.52. The lowest BCUT2D eigenvalue weighted by Crippen LogP contribution is -2.31. The monoisotopic (exact) mass is 301 g/mol. The van der Waals surface area contributed by atoms with Gasteiger partial charge in [0.2, 0.25) is 0 Å². The largest absolute Gasteiger partial charge is 0.482 e. The predicted molar refractivity (Wildman–Crippen MR) is 79.5 cm³/mol. The van der Waals surface area contributed by atoms with Crippen molar-refractivity contribution in [2.24, 2.45) is 0 Å². The lowest BCUT2D eigenvalue weighted by Gasteiger charge is -2.28. The molecule has 0 fully saturated rings. The molecule has 0 radical (unpaired) electrons. The minimum Gasteiger partial charge on any atom is -0.482 e. The van der Waals surface area contributed by atoms with Gasteiger partial charge in [0.15, 0.2) is 6.61 Å². The molecule has 0 aromatic heterocycles. The number of nitrogens with one attached hydrogen (secondary N) is 1. The number of hydrogen-bond donors (Lipinski definition) is 2. The zero-order valence-corrected chi connectivity index (χ0v) is 11.9. The first-order chi connectivity index (χ1) is 10.6. The highest BCUT2D eigenvalue weighted by Crippen LogP contribution is 2.34.